The number of aromatic nitrogens is 2. The average Bonchev–Trinajstić information content (AvgIpc) is 3.29. The molecule has 0 aromatic carbocycles. The third-order valence-electron chi connectivity index (χ3n) is 4.61. The second-order valence-electron chi connectivity index (χ2n) is 5.99. The summed E-state index contributed by atoms with van der Waals surface area (Å²) in [6, 6.07) is 4.23. The zero-order valence-electron chi connectivity index (χ0n) is 11.0. The largest absolute Gasteiger partial charge is 0.312 e. The van der Waals surface area contributed by atoms with Crippen LogP contribution in [0.5, 0.6) is 0 Å². The van der Waals surface area contributed by atoms with Gasteiger partial charge in [-0.3, -0.25) is 5.10 Å². The third kappa shape index (κ3) is 2.23. The topological polar surface area (TPSA) is 40.7 Å². The Labute approximate surface area is 117 Å². The summed E-state index contributed by atoms with van der Waals surface area (Å²) in [5.41, 5.74) is 3.14. The molecule has 2 fully saturated rings. The van der Waals surface area contributed by atoms with E-state index in [1.165, 1.54) is 48.4 Å². The normalized spacial score (nSPS) is 20.6. The van der Waals surface area contributed by atoms with Gasteiger partial charge in [0, 0.05) is 18.7 Å². The van der Waals surface area contributed by atoms with E-state index in [4.69, 9.17) is 0 Å². The van der Waals surface area contributed by atoms with E-state index in [1.807, 2.05) is 6.20 Å². The minimum absolute atomic E-state index is 0.673. The Balaban J connectivity index is 1.39. The van der Waals surface area contributed by atoms with Gasteiger partial charge in [-0.1, -0.05) is 6.07 Å². The van der Waals surface area contributed by atoms with Crippen LogP contribution in [-0.2, 0) is 6.54 Å². The number of H-pyrrole nitrogens is 1. The monoisotopic (exact) mass is 273 g/mol. The fourth-order valence-electron chi connectivity index (χ4n) is 3.11. The number of nitrogens with one attached hydrogen (secondary N) is 2. The SMILES string of the molecule is c1csc(-c2[nH]ncc2CNCC2(C3CC3)CC2)c1. The predicted octanol–water partition coefficient (Wildman–Crippen LogP) is 3.42. The van der Waals surface area contributed by atoms with E-state index in [0.29, 0.717) is 5.41 Å². The number of nitrogens with zero attached hydrogens (tertiary/aromatic N) is 1. The van der Waals surface area contributed by atoms with Gasteiger partial charge in [-0.05, 0) is 48.5 Å². The molecule has 2 saturated carbocycles. The zero-order valence-corrected chi connectivity index (χ0v) is 11.8. The van der Waals surface area contributed by atoms with Crippen molar-refractivity contribution in [3.63, 3.8) is 0 Å². The van der Waals surface area contributed by atoms with E-state index in [2.05, 4.69) is 33.0 Å². The molecule has 0 saturated heterocycles. The Morgan fingerprint density at radius 2 is 2.32 bits per heavy atom. The van der Waals surface area contributed by atoms with Crippen molar-refractivity contribution in [2.75, 3.05) is 6.54 Å². The van der Waals surface area contributed by atoms with Crippen molar-refractivity contribution < 1.29 is 0 Å². The Morgan fingerprint density at radius 1 is 1.42 bits per heavy atom. The van der Waals surface area contributed by atoms with E-state index in [0.717, 1.165) is 12.5 Å². The smallest absolute Gasteiger partial charge is 0.0794 e. The average molecular weight is 273 g/mol. The molecule has 2 aromatic heterocycles. The van der Waals surface area contributed by atoms with Crippen molar-refractivity contribution >= 4 is 11.3 Å². The molecule has 2 aliphatic carbocycles. The van der Waals surface area contributed by atoms with E-state index < -0.39 is 0 Å². The molecule has 100 valence electrons. The van der Waals surface area contributed by atoms with Crippen LogP contribution in [0, 0.1) is 11.3 Å². The van der Waals surface area contributed by atoms with Gasteiger partial charge < -0.3 is 5.32 Å². The van der Waals surface area contributed by atoms with Crippen LogP contribution in [-0.4, -0.2) is 16.7 Å². The highest BCUT2D eigenvalue weighted by molar-refractivity contribution is 7.13. The molecule has 0 spiro atoms. The van der Waals surface area contributed by atoms with Crippen molar-refractivity contribution in [2.24, 2.45) is 11.3 Å². The first kappa shape index (κ1) is 11.7. The van der Waals surface area contributed by atoms with Crippen LogP contribution in [0.2, 0.25) is 0 Å². The van der Waals surface area contributed by atoms with E-state index >= 15 is 0 Å². The Kier molecular flexibility index (Phi) is 2.74. The lowest BCUT2D eigenvalue weighted by atomic mass is 10.0. The molecule has 0 aliphatic heterocycles. The number of hydrogen-bond acceptors (Lipinski definition) is 3. The van der Waals surface area contributed by atoms with E-state index in [1.54, 1.807) is 11.3 Å². The van der Waals surface area contributed by atoms with Crippen LogP contribution in [0.1, 0.15) is 31.2 Å². The van der Waals surface area contributed by atoms with Crippen LogP contribution in [0.3, 0.4) is 0 Å². The lowest BCUT2D eigenvalue weighted by Crippen LogP contribution is -2.25. The fraction of sp³-hybridized carbons (Fsp3) is 0.533. The third-order valence-corrected chi connectivity index (χ3v) is 5.50. The second kappa shape index (κ2) is 4.46. The maximum atomic E-state index is 4.20. The van der Waals surface area contributed by atoms with Crippen molar-refractivity contribution in [1.82, 2.24) is 15.5 Å². The van der Waals surface area contributed by atoms with Crippen molar-refractivity contribution in [1.29, 1.82) is 0 Å². The summed E-state index contributed by atoms with van der Waals surface area (Å²) >= 11 is 1.76. The molecule has 0 unspecified atom stereocenters. The van der Waals surface area contributed by atoms with Crippen LogP contribution in [0.25, 0.3) is 10.6 Å². The highest BCUT2D eigenvalue weighted by Crippen LogP contribution is 2.60. The quantitative estimate of drug-likeness (QED) is 0.846. The Morgan fingerprint density at radius 3 is 3.00 bits per heavy atom. The minimum atomic E-state index is 0.673. The van der Waals surface area contributed by atoms with Gasteiger partial charge in [-0.2, -0.15) is 5.10 Å². The van der Waals surface area contributed by atoms with Gasteiger partial charge in [-0.25, -0.2) is 0 Å². The molecular formula is C15H19N3S. The van der Waals surface area contributed by atoms with E-state index in [9.17, 15) is 0 Å². The second-order valence-corrected chi connectivity index (χ2v) is 6.94. The van der Waals surface area contributed by atoms with Gasteiger partial charge in [0.15, 0.2) is 0 Å². The lowest BCUT2D eigenvalue weighted by molar-refractivity contribution is 0.403. The maximum absolute atomic E-state index is 4.20. The first-order chi connectivity index (χ1) is 9.37. The molecule has 4 rings (SSSR count). The van der Waals surface area contributed by atoms with Crippen LogP contribution >= 0.6 is 11.3 Å². The summed E-state index contributed by atoms with van der Waals surface area (Å²) in [5, 5.41) is 13.1. The summed E-state index contributed by atoms with van der Waals surface area (Å²) in [7, 11) is 0. The van der Waals surface area contributed by atoms with Gasteiger partial charge in [0.2, 0.25) is 0 Å². The van der Waals surface area contributed by atoms with Crippen LogP contribution < -0.4 is 5.32 Å². The highest BCUT2D eigenvalue weighted by atomic mass is 32.1. The molecule has 0 bridgehead atoms. The van der Waals surface area contributed by atoms with Gasteiger partial charge in [0.25, 0.3) is 0 Å². The van der Waals surface area contributed by atoms with Gasteiger partial charge in [-0.15, -0.1) is 11.3 Å². The lowest BCUT2D eigenvalue weighted by Gasteiger charge is -2.14. The molecule has 2 aromatic rings. The molecule has 19 heavy (non-hydrogen) atoms. The van der Waals surface area contributed by atoms with Crippen molar-refractivity contribution in [2.45, 2.75) is 32.2 Å². The Bertz CT molecular complexity index is 550. The molecular weight excluding hydrogens is 254 g/mol. The Hall–Kier alpha value is -1.13. The maximum Gasteiger partial charge on any atom is 0.0794 e. The summed E-state index contributed by atoms with van der Waals surface area (Å²) in [4.78, 5) is 1.28. The molecule has 4 heteroatoms. The zero-order chi connectivity index (χ0) is 12.7. The molecule has 0 amide bonds. The molecule has 0 radical (unpaired) electrons. The van der Waals surface area contributed by atoms with Crippen molar-refractivity contribution in [3.05, 3.63) is 29.3 Å². The first-order valence-electron chi connectivity index (χ1n) is 7.14. The standard InChI is InChI=1S/C15H19N3S/c1-2-13(19-7-1)14-11(9-17-18-14)8-16-10-15(5-6-15)12-3-4-12/h1-2,7,9,12,16H,3-6,8,10H2,(H,17,18). The summed E-state index contributed by atoms with van der Waals surface area (Å²) in [6.45, 7) is 2.12. The minimum Gasteiger partial charge on any atom is -0.312 e. The molecule has 0 atom stereocenters. The molecule has 2 N–H and O–H groups in total. The van der Waals surface area contributed by atoms with Gasteiger partial charge >= 0.3 is 0 Å². The molecule has 2 aliphatic rings. The highest BCUT2D eigenvalue weighted by Gasteiger charge is 2.53. The number of aromatic amines is 1. The number of rotatable bonds is 6. The van der Waals surface area contributed by atoms with Crippen molar-refractivity contribution in [3.8, 4) is 10.6 Å². The summed E-state index contributed by atoms with van der Waals surface area (Å²) in [5.74, 6) is 1.03. The number of thiophene rings is 1. The van der Waals surface area contributed by atoms with Gasteiger partial charge in [0.05, 0.1) is 16.8 Å². The van der Waals surface area contributed by atoms with Crippen LogP contribution in [0.15, 0.2) is 23.7 Å². The first-order valence-corrected chi connectivity index (χ1v) is 8.02. The van der Waals surface area contributed by atoms with Gasteiger partial charge in [0.1, 0.15) is 0 Å². The number of hydrogen-bond donors (Lipinski definition) is 2. The molecule has 2 heterocycles. The molecule has 3 nitrogen and oxygen atoms in total. The van der Waals surface area contributed by atoms with Crippen LogP contribution in [0.4, 0.5) is 0 Å². The summed E-state index contributed by atoms with van der Waals surface area (Å²) < 4.78 is 0. The summed E-state index contributed by atoms with van der Waals surface area (Å²) in [6.07, 6.45) is 7.77. The predicted molar refractivity (Wildman–Crippen MR) is 78.0 cm³/mol. The fourth-order valence-corrected chi connectivity index (χ4v) is 3.87. The van der Waals surface area contributed by atoms with E-state index in [-0.39, 0.29) is 0 Å².